The van der Waals surface area contributed by atoms with Gasteiger partial charge in [0.15, 0.2) is 0 Å². The van der Waals surface area contributed by atoms with E-state index in [1.807, 2.05) is 42.5 Å². The number of carbonyl (C=O) groups excluding carboxylic acids is 2. The van der Waals surface area contributed by atoms with Crippen molar-refractivity contribution >= 4 is 32.6 Å². The molecule has 1 fully saturated rings. The monoisotopic (exact) mass is 389 g/mol. The van der Waals surface area contributed by atoms with Crippen LogP contribution in [0.1, 0.15) is 5.56 Å². The van der Waals surface area contributed by atoms with E-state index in [1.165, 1.54) is 4.31 Å². The maximum Gasteiger partial charge on any atom is 0.242 e. The summed E-state index contributed by atoms with van der Waals surface area (Å²) in [6.07, 6.45) is 1.37. The van der Waals surface area contributed by atoms with Crippen LogP contribution in [-0.2, 0) is 26.0 Å². The van der Waals surface area contributed by atoms with Crippen molar-refractivity contribution in [1.29, 1.82) is 0 Å². The highest BCUT2D eigenvalue weighted by molar-refractivity contribution is 7.88. The fourth-order valence-corrected chi connectivity index (χ4v) is 3.98. The predicted molar refractivity (Wildman–Crippen MR) is 104 cm³/mol. The number of benzene rings is 2. The van der Waals surface area contributed by atoms with Gasteiger partial charge < -0.3 is 10.2 Å². The van der Waals surface area contributed by atoms with Gasteiger partial charge in [-0.15, -0.1) is 0 Å². The second-order valence-corrected chi connectivity index (χ2v) is 8.66. The number of nitrogens with zero attached hydrogens (tertiary/aromatic N) is 2. The van der Waals surface area contributed by atoms with Gasteiger partial charge in [0.25, 0.3) is 0 Å². The third kappa shape index (κ3) is 5.05. The Morgan fingerprint density at radius 3 is 2.33 bits per heavy atom. The topological polar surface area (TPSA) is 86.8 Å². The van der Waals surface area contributed by atoms with E-state index in [0.717, 1.165) is 22.6 Å². The zero-order chi connectivity index (χ0) is 19.4. The third-order valence-corrected chi connectivity index (χ3v) is 5.98. The first-order chi connectivity index (χ1) is 12.8. The maximum absolute atomic E-state index is 12.2. The van der Waals surface area contributed by atoms with E-state index in [0.29, 0.717) is 13.1 Å². The Labute approximate surface area is 159 Å². The van der Waals surface area contributed by atoms with Crippen LogP contribution in [0.25, 0.3) is 10.8 Å². The largest absolute Gasteiger partial charge is 0.347 e. The summed E-state index contributed by atoms with van der Waals surface area (Å²) in [4.78, 5) is 26.0. The van der Waals surface area contributed by atoms with Crippen molar-refractivity contribution < 1.29 is 18.0 Å². The Balaban J connectivity index is 1.48. The molecule has 0 atom stereocenters. The Morgan fingerprint density at radius 1 is 1.00 bits per heavy atom. The molecule has 1 aliphatic heterocycles. The van der Waals surface area contributed by atoms with Gasteiger partial charge in [-0.3, -0.25) is 9.59 Å². The van der Waals surface area contributed by atoms with Gasteiger partial charge in [-0.2, -0.15) is 4.31 Å². The Kier molecular flexibility index (Phi) is 5.76. The smallest absolute Gasteiger partial charge is 0.242 e. The van der Waals surface area contributed by atoms with E-state index < -0.39 is 10.0 Å². The molecule has 1 aliphatic rings. The molecule has 3 rings (SSSR count). The zero-order valence-corrected chi connectivity index (χ0v) is 16.0. The van der Waals surface area contributed by atoms with Gasteiger partial charge >= 0.3 is 0 Å². The highest BCUT2D eigenvalue weighted by atomic mass is 32.2. The van der Waals surface area contributed by atoms with Gasteiger partial charge in [-0.25, -0.2) is 8.42 Å². The van der Waals surface area contributed by atoms with Crippen LogP contribution in [0.5, 0.6) is 0 Å². The van der Waals surface area contributed by atoms with Crippen molar-refractivity contribution in [3.05, 3.63) is 48.0 Å². The molecule has 2 amide bonds. The number of hydrogen-bond acceptors (Lipinski definition) is 4. The summed E-state index contributed by atoms with van der Waals surface area (Å²) in [5.41, 5.74) is 0.889. The summed E-state index contributed by atoms with van der Waals surface area (Å²) in [5.74, 6) is -0.414. The van der Waals surface area contributed by atoms with Crippen LogP contribution in [-0.4, -0.2) is 68.4 Å². The van der Waals surface area contributed by atoms with Crippen molar-refractivity contribution in [2.75, 3.05) is 39.0 Å². The van der Waals surface area contributed by atoms with Crippen molar-refractivity contribution in [3.8, 4) is 0 Å². The number of amides is 2. The number of nitrogens with one attached hydrogen (secondary N) is 1. The summed E-state index contributed by atoms with van der Waals surface area (Å²) in [6.45, 7) is 1.18. The lowest BCUT2D eigenvalue weighted by atomic mass is 10.0. The summed E-state index contributed by atoms with van der Waals surface area (Å²) >= 11 is 0. The molecule has 1 N–H and O–H groups in total. The van der Waals surface area contributed by atoms with Crippen LogP contribution in [0.2, 0.25) is 0 Å². The predicted octanol–water partition coefficient (Wildman–Crippen LogP) is 0.602. The lowest BCUT2D eigenvalue weighted by molar-refractivity contribution is -0.133. The van der Waals surface area contributed by atoms with Crippen LogP contribution >= 0.6 is 0 Å². The molecule has 1 saturated heterocycles. The molecule has 7 nitrogen and oxygen atoms in total. The molecule has 0 spiro atoms. The van der Waals surface area contributed by atoms with Crippen molar-refractivity contribution in [2.45, 2.75) is 6.42 Å². The zero-order valence-electron chi connectivity index (χ0n) is 15.2. The van der Waals surface area contributed by atoms with Crippen LogP contribution in [0.3, 0.4) is 0 Å². The first kappa shape index (κ1) is 19.3. The Bertz CT molecular complexity index is 950. The molecule has 8 heteroatoms. The van der Waals surface area contributed by atoms with Gasteiger partial charge in [-0.05, 0) is 16.3 Å². The van der Waals surface area contributed by atoms with Gasteiger partial charge in [0.2, 0.25) is 21.8 Å². The number of sulfonamides is 1. The second-order valence-electron chi connectivity index (χ2n) is 6.68. The molecule has 2 aromatic carbocycles. The number of hydrogen-bond donors (Lipinski definition) is 1. The second kappa shape index (κ2) is 8.06. The molecule has 0 bridgehead atoms. The maximum atomic E-state index is 12.2. The molecule has 2 aromatic rings. The van der Waals surface area contributed by atoms with E-state index in [-0.39, 0.29) is 37.9 Å². The first-order valence-electron chi connectivity index (χ1n) is 8.80. The molecule has 0 radical (unpaired) electrons. The van der Waals surface area contributed by atoms with Gasteiger partial charge in [0.1, 0.15) is 0 Å². The van der Waals surface area contributed by atoms with Crippen LogP contribution in [0.15, 0.2) is 42.5 Å². The van der Waals surface area contributed by atoms with Crippen LogP contribution in [0.4, 0.5) is 0 Å². The van der Waals surface area contributed by atoms with E-state index in [1.54, 1.807) is 4.90 Å². The SMILES string of the molecule is CS(=O)(=O)N1CCN(C(=O)CNC(=O)Cc2ccc3ccccc3c2)CC1. The standard InChI is InChI=1S/C19H23N3O4S/c1-27(25,26)22-10-8-21(9-11-22)19(24)14-20-18(23)13-15-6-7-16-4-2-3-5-17(16)12-15/h2-7,12H,8-11,13-14H2,1H3,(H,20,23). The van der Waals surface area contributed by atoms with E-state index in [4.69, 9.17) is 0 Å². The summed E-state index contributed by atoms with van der Waals surface area (Å²) in [7, 11) is -3.23. The fraction of sp³-hybridized carbons (Fsp3) is 0.368. The number of rotatable bonds is 5. The summed E-state index contributed by atoms with van der Waals surface area (Å²) in [6, 6.07) is 13.8. The fourth-order valence-electron chi connectivity index (χ4n) is 3.15. The van der Waals surface area contributed by atoms with Crippen molar-refractivity contribution in [1.82, 2.24) is 14.5 Å². The lowest BCUT2D eigenvalue weighted by Gasteiger charge is -2.33. The molecular weight excluding hydrogens is 366 g/mol. The molecule has 0 aliphatic carbocycles. The molecule has 27 heavy (non-hydrogen) atoms. The number of fused-ring (bicyclic) bond motifs is 1. The average Bonchev–Trinajstić information content (AvgIpc) is 2.65. The summed E-state index contributed by atoms with van der Waals surface area (Å²) in [5, 5.41) is 4.84. The minimum Gasteiger partial charge on any atom is -0.347 e. The Morgan fingerprint density at radius 2 is 1.67 bits per heavy atom. The average molecular weight is 389 g/mol. The molecule has 0 aromatic heterocycles. The quantitative estimate of drug-likeness (QED) is 0.811. The van der Waals surface area contributed by atoms with Gasteiger partial charge in [-0.1, -0.05) is 42.5 Å². The van der Waals surface area contributed by atoms with E-state index in [9.17, 15) is 18.0 Å². The summed E-state index contributed by atoms with van der Waals surface area (Å²) < 4.78 is 24.4. The lowest BCUT2D eigenvalue weighted by Crippen LogP contribution is -2.52. The van der Waals surface area contributed by atoms with Crippen molar-refractivity contribution in [3.63, 3.8) is 0 Å². The first-order valence-corrected chi connectivity index (χ1v) is 10.6. The molecule has 0 saturated carbocycles. The van der Waals surface area contributed by atoms with E-state index in [2.05, 4.69) is 5.32 Å². The van der Waals surface area contributed by atoms with Gasteiger partial charge in [0, 0.05) is 26.2 Å². The highest BCUT2D eigenvalue weighted by Gasteiger charge is 2.25. The molecule has 1 heterocycles. The van der Waals surface area contributed by atoms with E-state index >= 15 is 0 Å². The third-order valence-electron chi connectivity index (χ3n) is 4.68. The number of carbonyl (C=O) groups is 2. The number of piperazine rings is 1. The molecule has 0 unspecified atom stereocenters. The molecular formula is C19H23N3O4S. The minimum absolute atomic E-state index is 0.0781. The molecule has 144 valence electrons. The van der Waals surface area contributed by atoms with Crippen molar-refractivity contribution in [2.24, 2.45) is 0 Å². The van der Waals surface area contributed by atoms with Crippen LogP contribution < -0.4 is 5.32 Å². The Hall–Kier alpha value is -2.45. The minimum atomic E-state index is -3.23. The highest BCUT2D eigenvalue weighted by Crippen LogP contribution is 2.16. The van der Waals surface area contributed by atoms with Crippen LogP contribution in [0, 0.1) is 0 Å². The normalized spacial score (nSPS) is 15.7. The van der Waals surface area contributed by atoms with Gasteiger partial charge in [0.05, 0.1) is 19.2 Å².